The van der Waals surface area contributed by atoms with Crippen molar-refractivity contribution in [3.05, 3.63) is 45.1 Å². The second-order valence-corrected chi connectivity index (χ2v) is 5.92. The summed E-state index contributed by atoms with van der Waals surface area (Å²) in [6, 6.07) is 6.48. The highest BCUT2D eigenvalue weighted by Gasteiger charge is 2.22. The molecular weight excluding hydrogens is 326 g/mol. The van der Waals surface area contributed by atoms with E-state index in [9.17, 15) is 19.2 Å². The first kappa shape index (κ1) is 16.9. The number of esters is 1. The SMILES string of the molecule is CCn1c(=O)c2ccccc2n(CC(=O)OC[C@@H]2CCC(=O)N2)c1=O. The summed E-state index contributed by atoms with van der Waals surface area (Å²) in [5.41, 5.74) is -0.521. The summed E-state index contributed by atoms with van der Waals surface area (Å²) in [5, 5.41) is 3.08. The summed E-state index contributed by atoms with van der Waals surface area (Å²) >= 11 is 0. The lowest BCUT2D eigenvalue weighted by atomic mass is 10.2. The molecule has 0 unspecified atom stereocenters. The first-order valence-corrected chi connectivity index (χ1v) is 8.18. The van der Waals surface area contributed by atoms with Gasteiger partial charge >= 0.3 is 11.7 Å². The van der Waals surface area contributed by atoms with Crippen LogP contribution in [0.5, 0.6) is 0 Å². The zero-order chi connectivity index (χ0) is 18.0. The van der Waals surface area contributed by atoms with Crippen LogP contribution in [0.2, 0.25) is 0 Å². The Morgan fingerprint density at radius 2 is 2.00 bits per heavy atom. The van der Waals surface area contributed by atoms with Gasteiger partial charge < -0.3 is 10.1 Å². The molecule has 0 saturated carbocycles. The smallest absolute Gasteiger partial charge is 0.332 e. The number of rotatable bonds is 5. The number of hydrogen-bond acceptors (Lipinski definition) is 5. The molecule has 1 amide bonds. The zero-order valence-corrected chi connectivity index (χ0v) is 13.9. The standard InChI is InChI=1S/C17H19N3O5/c1-2-19-16(23)12-5-3-4-6-13(12)20(17(19)24)9-15(22)25-10-11-7-8-14(21)18-11/h3-6,11H,2,7-10H2,1H3,(H,18,21)/t11-/m0/s1. The minimum Gasteiger partial charge on any atom is -0.462 e. The van der Waals surface area contributed by atoms with E-state index in [-0.39, 0.29) is 37.2 Å². The van der Waals surface area contributed by atoms with Crippen LogP contribution in [0.15, 0.2) is 33.9 Å². The highest BCUT2D eigenvalue weighted by Crippen LogP contribution is 2.09. The second kappa shape index (κ2) is 6.92. The van der Waals surface area contributed by atoms with Gasteiger partial charge in [-0.3, -0.25) is 23.5 Å². The number of amides is 1. The lowest BCUT2D eigenvalue weighted by molar-refractivity contribution is -0.145. The Labute approximate surface area is 143 Å². The van der Waals surface area contributed by atoms with E-state index < -0.39 is 11.7 Å². The van der Waals surface area contributed by atoms with E-state index in [4.69, 9.17) is 4.74 Å². The Morgan fingerprint density at radius 1 is 1.24 bits per heavy atom. The molecule has 1 aromatic heterocycles. The fraction of sp³-hybridized carbons (Fsp3) is 0.412. The number of carbonyl (C=O) groups is 2. The van der Waals surface area contributed by atoms with E-state index in [0.29, 0.717) is 23.7 Å². The number of ether oxygens (including phenoxy) is 1. The molecule has 0 bridgehead atoms. The molecule has 0 spiro atoms. The largest absolute Gasteiger partial charge is 0.462 e. The first-order chi connectivity index (χ1) is 12.0. The summed E-state index contributed by atoms with van der Waals surface area (Å²) in [4.78, 5) is 48.2. The van der Waals surface area contributed by atoms with Gasteiger partial charge in [0.2, 0.25) is 5.91 Å². The number of aromatic nitrogens is 2. The van der Waals surface area contributed by atoms with Crippen LogP contribution >= 0.6 is 0 Å². The van der Waals surface area contributed by atoms with E-state index in [0.717, 1.165) is 4.57 Å². The summed E-state index contributed by atoms with van der Waals surface area (Å²) in [6.45, 7) is 1.69. The molecule has 2 aromatic rings. The third-order valence-electron chi connectivity index (χ3n) is 4.27. The fourth-order valence-corrected chi connectivity index (χ4v) is 2.97. The van der Waals surface area contributed by atoms with Crippen LogP contribution in [-0.4, -0.2) is 33.7 Å². The highest BCUT2D eigenvalue weighted by atomic mass is 16.5. The summed E-state index contributed by atoms with van der Waals surface area (Å²) < 4.78 is 7.52. The summed E-state index contributed by atoms with van der Waals surface area (Å²) in [6.07, 6.45) is 1.05. The van der Waals surface area contributed by atoms with Gasteiger partial charge in [-0.25, -0.2) is 4.79 Å². The van der Waals surface area contributed by atoms with Crippen LogP contribution < -0.4 is 16.6 Å². The molecule has 1 saturated heterocycles. The van der Waals surface area contributed by atoms with Gasteiger partial charge in [0.1, 0.15) is 13.2 Å². The van der Waals surface area contributed by atoms with Crippen molar-refractivity contribution in [1.82, 2.24) is 14.5 Å². The minimum atomic E-state index is -0.588. The van der Waals surface area contributed by atoms with Crippen molar-refractivity contribution >= 4 is 22.8 Å². The zero-order valence-electron chi connectivity index (χ0n) is 13.9. The van der Waals surface area contributed by atoms with Gasteiger partial charge in [-0.2, -0.15) is 0 Å². The topological polar surface area (TPSA) is 99.4 Å². The van der Waals surface area contributed by atoms with Crippen LogP contribution in [0.25, 0.3) is 10.9 Å². The Kier molecular flexibility index (Phi) is 4.69. The number of hydrogen-bond donors (Lipinski definition) is 1. The van der Waals surface area contributed by atoms with Crippen LogP contribution in [0, 0.1) is 0 Å². The van der Waals surface area contributed by atoms with Gasteiger partial charge in [0.25, 0.3) is 5.56 Å². The molecule has 8 nitrogen and oxygen atoms in total. The Bertz CT molecular complexity index is 943. The molecule has 3 rings (SSSR count). The number of para-hydroxylation sites is 1. The van der Waals surface area contributed by atoms with Crippen molar-refractivity contribution in [1.29, 1.82) is 0 Å². The molecule has 1 aliphatic heterocycles. The van der Waals surface area contributed by atoms with E-state index in [1.165, 1.54) is 4.57 Å². The minimum absolute atomic E-state index is 0.0571. The molecule has 1 fully saturated rings. The van der Waals surface area contributed by atoms with Gasteiger partial charge in [-0.05, 0) is 25.5 Å². The molecule has 132 valence electrons. The molecule has 0 radical (unpaired) electrons. The quantitative estimate of drug-likeness (QED) is 0.769. The molecule has 0 aliphatic carbocycles. The Balaban J connectivity index is 1.85. The van der Waals surface area contributed by atoms with Crippen LogP contribution in [0.4, 0.5) is 0 Å². The van der Waals surface area contributed by atoms with Crippen molar-refractivity contribution < 1.29 is 14.3 Å². The molecule has 1 aromatic carbocycles. The fourth-order valence-electron chi connectivity index (χ4n) is 2.97. The predicted octanol–water partition coefficient (Wildman–Crippen LogP) is 0.00490. The van der Waals surface area contributed by atoms with Gasteiger partial charge in [0.15, 0.2) is 0 Å². The van der Waals surface area contributed by atoms with E-state index in [2.05, 4.69) is 5.32 Å². The summed E-state index contributed by atoms with van der Waals surface area (Å²) in [7, 11) is 0. The molecule has 1 N–H and O–H groups in total. The lowest BCUT2D eigenvalue weighted by Gasteiger charge is -2.14. The average Bonchev–Trinajstić information content (AvgIpc) is 3.03. The third-order valence-corrected chi connectivity index (χ3v) is 4.27. The van der Waals surface area contributed by atoms with E-state index in [1.54, 1.807) is 31.2 Å². The molecule has 25 heavy (non-hydrogen) atoms. The summed E-state index contributed by atoms with van der Waals surface area (Å²) in [5.74, 6) is -0.645. The molecular formula is C17H19N3O5. The lowest BCUT2D eigenvalue weighted by Crippen LogP contribution is -2.41. The maximum absolute atomic E-state index is 12.5. The van der Waals surface area contributed by atoms with Crippen molar-refractivity contribution in [3.63, 3.8) is 0 Å². The number of fused-ring (bicyclic) bond motifs is 1. The van der Waals surface area contributed by atoms with Gasteiger partial charge in [0, 0.05) is 13.0 Å². The Morgan fingerprint density at radius 3 is 2.68 bits per heavy atom. The normalized spacial score (nSPS) is 16.8. The number of carbonyl (C=O) groups excluding carboxylic acids is 2. The van der Waals surface area contributed by atoms with E-state index in [1.807, 2.05) is 0 Å². The van der Waals surface area contributed by atoms with Crippen LogP contribution in [0.1, 0.15) is 19.8 Å². The van der Waals surface area contributed by atoms with Gasteiger partial charge in [0.05, 0.1) is 16.9 Å². The molecule has 2 heterocycles. The Hall–Kier alpha value is -2.90. The average molecular weight is 345 g/mol. The first-order valence-electron chi connectivity index (χ1n) is 8.18. The number of nitrogens with one attached hydrogen (secondary N) is 1. The predicted molar refractivity (Wildman–Crippen MR) is 90.3 cm³/mol. The monoisotopic (exact) mass is 345 g/mol. The van der Waals surface area contributed by atoms with Crippen LogP contribution in [0.3, 0.4) is 0 Å². The van der Waals surface area contributed by atoms with Crippen LogP contribution in [-0.2, 0) is 27.4 Å². The number of nitrogens with zero attached hydrogens (tertiary/aromatic N) is 2. The maximum atomic E-state index is 12.5. The van der Waals surface area contributed by atoms with E-state index >= 15 is 0 Å². The highest BCUT2D eigenvalue weighted by molar-refractivity contribution is 5.80. The molecule has 1 atom stereocenters. The van der Waals surface area contributed by atoms with Crippen molar-refractivity contribution in [2.75, 3.05) is 6.61 Å². The maximum Gasteiger partial charge on any atom is 0.332 e. The third kappa shape index (κ3) is 3.33. The number of benzene rings is 1. The van der Waals surface area contributed by atoms with Crippen molar-refractivity contribution in [2.24, 2.45) is 0 Å². The molecule has 1 aliphatic rings. The molecule has 8 heteroatoms. The van der Waals surface area contributed by atoms with Crippen molar-refractivity contribution in [2.45, 2.75) is 38.9 Å². The van der Waals surface area contributed by atoms with Gasteiger partial charge in [-0.1, -0.05) is 12.1 Å². The van der Waals surface area contributed by atoms with Crippen molar-refractivity contribution in [3.8, 4) is 0 Å². The van der Waals surface area contributed by atoms with Gasteiger partial charge in [-0.15, -0.1) is 0 Å². The second-order valence-electron chi connectivity index (χ2n) is 5.92.